The molecule has 2 aromatic heterocycles. The molecule has 6 nitrogen and oxygen atoms in total. The first-order valence-corrected chi connectivity index (χ1v) is 9.19. The summed E-state index contributed by atoms with van der Waals surface area (Å²) in [5, 5.41) is 0.685. The number of ketones is 1. The maximum atomic E-state index is 12.9. The molecule has 26 heavy (non-hydrogen) atoms. The molecule has 0 bridgehead atoms. The fourth-order valence-corrected chi connectivity index (χ4v) is 4.61. The van der Waals surface area contributed by atoms with Gasteiger partial charge >= 0.3 is 0 Å². The number of fused-ring (bicyclic) bond motifs is 3. The number of hydrogen-bond donors (Lipinski definition) is 0. The van der Waals surface area contributed by atoms with Gasteiger partial charge in [-0.25, -0.2) is 4.98 Å². The van der Waals surface area contributed by atoms with Crippen molar-refractivity contribution in [2.75, 3.05) is 14.2 Å². The highest BCUT2D eigenvalue weighted by Gasteiger charge is 2.22. The van der Waals surface area contributed by atoms with Crippen LogP contribution in [0.25, 0.3) is 10.2 Å². The molecule has 0 saturated heterocycles. The lowest BCUT2D eigenvalue weighted by Gasteiger charge is -2.10. The van der Waals surface area contributed by atoms with E-state index in [1.54, 1.807) is 36.6 Å². The smallest absolute Gasteiger partial charge is 0.262 e. The van der Waals surface area contributed by atoms with Crippen molar-refractivity contribution >= 4 is 27.3 Å². The lowest BCUT2D eigenvalue weighted by Crippen LogP contribution is -2.24. The van der Waals surface area contributed by atoms with E-state index in [2.05, 4.69) is 4.98 Å². The summed E-state index contributed by atoms with van der Waals surface area (Å²) in [5.74, 6) is 0.856. The number of rotatable bonds is 5. The number of hydrogen-bond acceptors (Lipinski definition) is 6. The molecule has 1 aliphatic rings. The first kappa shape index (κ1) is 16.8. The van der Waals surface area contributed by atoms with Crippen LogP contribution in [0.5, 0.6) is 11.5 Å². The van der Waals surface area contributed by atoms with Crippen molar-refractivity contribution in [2.45, 2.75) is 25.8 Å². The Hall–Kier alpha value is -2.67. The number of aromatic nitrogens is 2. The number of methoxy groups -OCH3 is 2. The highest BCUT2D eigenvalue weighted by atomic mass is 32.1. The molecule has 7 heteroatoms. The molecule has 0 fully saturated rings. The number of nitrogens with zero attached hydrogens (tertiary/aromatic N) is 2. The number of benzene rings is 1. The van der Waals surface area contributed by atoms with Gasteiger partial charge in [0.15, 0.2) is 17.3 Å². The van der Waals surface area contributed by atoms with Crippen molar-refractivity contribution in [3.8, 4) is 11.5 Å². The van der Waals surface area contributed by atoms with E-state index in [-0.39, 0.29) is 17.9 Å². The van der Waals surface area contributed by atoms with Crippen LogP contribution in [-0.2, 0) is 19.4 Å². The summed E-state index contributed by atoms with van der Waals surface area (Å²) in [6.07, 6.45) is 4.48. The van der Waals surface area contributed by atoms with Gasteiger partial charge in [0.05, 0.1) is 32.5 Å². The maximum Gasteiger partial charge on any atom is 0.262 e. The number of aryl methyl sites for hydroxylation is 2. The second kappa shape index (κ2) is 6.57. The summed E-state index contributed by atoms with van der Waals surface area (Å²) in [6.45, 7) is -0.0537. The van der Waals surface area contributed by atoms with Crippen LogP contribution in [0.15, 0.2) is 29.3 Å². The second-order valence-corrected chi connectivity index (χ2v) is 7.29. The van der Waals surface area contributed by atoms with E-state index in [0.717, 1.165) is 29.7 Å². The second-order valence-electron chi connectivity index (χ2n) is 6.21. The van der Waals surface area contributed by atoms with Gasteiger partial charge in [0.25, 0.3) is 5.56 Å². The SMILES string of the molecule is COc1ccc(C(=O)Cn2cnc3sc4c(c3c2=O)CCC4)cc1OC. The van der Waals surface area contributed by atoms with Crippen LogP contribution in [0.2, 0.25) is 0 Å². The Morgan fingerprint density at radius 2 is 2.04 bits per heavy atom. The monoisotopic (exact) mass is 370 g/mol. The average molecular weight is 370 g/mol. The fourth-order valence-electron chi connectivity index (χ4n) is 3.39. The average Bonchev–Trinajstić information content (AvgIpc) is 3.24. The van der Waals surface area contributed by atoms with Crippen molar-refractivity contribution < 1.29 is 14.3 Å². The Kier molecular flexibility index (Phi) is 4.24. The van der Waals surface area contributed by atoms with Crippen LogP contribution in [0.3, 0.4) is 0 Å². The van der Waals surface area contributed by atoms with Crippen LogP contribution < -0.4 is 15.0 Å². The van der Waals surface area contributed by atoms with Crippen molar-refractivity contribution in [3.05, 3.63) is 50.9 Å². The Morgan fingerprint density at radius 3 is 2.81 bits per heavy atom. The van der Waals surface area contributed by atoms with Crippen molar-refractivity contribution in [1.82, 2.24) is 9.55 Å². The minimum Gasteiger partial charge on any atom is -0.493 e. The van der Waals surface area contributed by atoms with E-state index >= 15 is 0 Å². The minimum atomic E-state index is -0.180. The summed E-state index contributed by atoms with van der Waals surface area (Å²) in [4.78, 5) is 32.0. The van der Waals surface area contributed by atoms with E-state index in [0.29, 0.717) is 22.4 Å². The zero-order valence-electron chi connectivity index (χ0n) is 14.6. The van der Waals surface area contributed by atoms with Gasteiger partial charge in [-0.2, -0.15) is 0 Å². The highest BCUT2D eigenvalue weighted by Crippen LogP contribution is 2.34. The van der Waals surface area contributed by atoms with Crippen LogP contribution in [-0.4, -0.2) is 29.6 Å². The first-order valence-electron chi connectivity index (χ1n) is 8.37. The molecule has 4 rings (SSSR count). The van der Waals surface area contributed by atoms with E-state index < -0.39 is 0 Å². The van der Waals surface area contributed by atoms with Gasteiger partial charge in [0.1, 0.15) is 4.83 Å². The Balaban J connectivity index is 1.68. The zero-order chi connectivity index (χ0) is 18.3. The minimum absolute atomic E-state index is 0.0537. The summed E-state index contributed by atoms with van der Waals surface area (Å²) >= 11 is 1.59. The molecule has 0 radical (unpaired) electrons. The Labute approximate surface area is 154 Å². The lowest BCUT2D eigenvalue weighted by atomic mass is 10.1. The highest BCUT2D eigenvalue weighted by molar-refractivity contribution is 7.18. The van der Waals surface area contributed by atoms with Crippen molar-refractivity contribution in [1.29, 1.82) is 0 Å². The van der Waals surface area contributed by atoms with E-state index in [9.17, 15) is 9.59 Å². The number of Topliss-reactive ketones (excluding diaryl/α,β-unsaturated/α-hetero) is 1. The molecule has 1 aromatic carbocycles. The Bertz CT molecular complexity index is 1070. The molecule has 0 aliphatic heterocycles. The maximum absolute atomic E-state index is 12.9. The third kappa shape index (κ3) is 2.68. The number of carbonyl (C=O) groups excluding carboxylic acids is 1. The van der Waals surface area contributed by atoms with Crippen LogP contribution in [0.1, 0.15) is 27.2 Å². The van der Waals surface area contributed by atoms with Gasteiger partial charge < -0.3 is 9.47 Å². The van der Waals surface area contributed by atoms with Gasteiger partial charge in [-0.15, -0.1) is 11.3 Å². The largest absolute Gasteiger partial charge is 0.493 e. The van der Waals surface area contributed by atoms with Crippen LogP contribution in [0.4, 0.5) is 0 Å². The third-order valence-corrected chi connectivity index (χ3v) is 5.91. The van der Waals surface area contributed by atoms with E-state index in [1.165, 1.54) is 22.9 Å². The first-order chi connectivity index (χ1) is 12.6. The molecule has 3 aromatic rings. The molecular formula is C19H18N2O4S. The van der Waals surface area contributed by atoms with Gasteiger partial charge in [-0.1, -0.05) is 0 Å². The molecule has 0 unspecified atom stereocenters. The fraction of sp³-hybridized carbons (Fsp3) is 0.316. The summed E-state index contributed by atoms with van der Waals surface area (Å²) in [5.41, 5.74) is 1.45. The van der Waals surface area contributed by atoms with Crippen molar-refractivity contribution in [2.24, 2.45) is 0 Å². The molecule has 0 saturated carbocycles. The quantitative estimate of drug-likeness (QED) is 0.646. The predicted octanol–water partition coefficient (Wildman–Crippen LogP) is 2.85. The van der Waals surface area contributed by atoms with Crippen LogP contribution >= 0.6 is 11.3 Å². The van der Waals surface area contributed by atoms with Gasteiger partial charge in [0.2, 0.25) is 0 Å². The van der Waals surface area contributed by atoms with Crippen LogP contribution in [0, 0.1) is 0 Å². The van der Waals surface area contributed by atoms with Crippen molar-refractivity contribution in [3.63, 3.8) is 0 Å². The van der Waals surface area contributed by atoms with Gasteiger partial charge in [0, 0.05) is 10.4 Å². The molecule has 0 atom stereocenters. The van der Waals surface area contributed by atoms with E-state index in [4.69, 9.17) is 9.47 Å². The molecule has 0 spiro atoms. The normalized spacial score (nSPS) is 13.0. The predicted molar refractivity (Wildman–Crippen MR) is 99.8 cm³/mol. The van der Waals surface area contributed by atoms with Gasteiger partial charge in [-0.05, 0) is 43.0 Å². The standard InChI is InChI=1S/C19H18N2O4S/c1-24-14-7-6-11(8-15(14)25-2)13(22)9-21-10-20-18-17(19(21)23)12-4-3-5-16(12)26-18/h6-8,10H,3-5,9H2,1-2H3. The summed E-state index contributed by atoms with van der Waals surface area (Å²) in [6, 6.07) is 4.98. The Morgan fingerprint density at radius 1 is 1.23 bits per heavy atom. The summed E-state index contributed by atoms with van der Waals surface area (Å²) in [7, 11) is 3.06. The molecule has 0 N–H and O–H groups in total. The molecule has 2 heterocycles. The number of carbonyl (C=O) groups is 1. The molecule has 0 amide bonds. The topological polar surface area (TPSA) is 70.4 Å². The molecular weight excluding hydrogens is 352 g/mol. The van der Waals surface area contributed by atoms with E-state index in [1.807, 2.05) is 0 Å². The number of ether oxygens (including phenoxy) is 2. The molecule has 134 valence electrons. The third-order valence-electron chi connectivity index (χ3n) is 4.71. The zero-order valence-corrected chi connectivity index (χ0v) is 15.4. The molecule has 1 aliphatic carbocycles. The summed E-state index contributed by atoms with van der Waals surface area (Å²) < 4.78 is 11.8. The van der Waals surface area contributed by atoms with Gasteiger partial charge in [-0.3, -0.25) is 14.2 Å². The number of thiophene rings is 1. The lowest BCUT2D eigenvalue weighted by molar-refractivity contribution is 0.0970.